The van der Waals surface area contributed by atoms with E-state index in [0.29, 0.717) is 18.7 Å². The molecule has 1 heterocycles. The molecular weight excluding hydrogens is 208 g/mol. The fraction of sp³-hybridized carbons (Fsp3) is 0.800. The highest BCUT2D eigenvalue weighted by Crippen LogP contribution is 2.21. The summed E-state index contributed by atoms with van der Waals surface area (Å²) in [4.78, 5) is 11.3. The average Bonchev–Trinajstić information content (AvgIpc) is 2.73. The van der Waals surface area contributed by atoms with Gasteiger partial charge in [0.05, 0.1) is 0 Å². The number of hydrogen-bond donors (Lipinski definition) is 1. The van der Waals surface area contributed by atoms with E-state index in [4.69, 9.17) is 0 Å². The number of carbonyl (C=O) groups is 1. The van der Waals surface area contributed by atoms with Crippen molar-refractivity contribution in [2.24, 2.45) is 0 Å². The van der Waals surface area contributed by atoms with Gasteiger partial charge in [0.15, 0.2) is 11.4 Å². The van der Waals surface area contributed by atoms with Gasteiger partial charge in [-0.15, -0.1) is 5.10 Å². The minimum absolute atomic E-state index is 0.451. The number of unbranched alkanes of at least 4 members (excludes halogenated alkanes) is 1. The Morgan fingerprint density at radius 1 is 1.50 bits per heavy atom. The van der Waals surface area contributed by atoms with Gasteiger partial charge in [-0.25, -0.2) is 9.48 Å². The summed E-state index contributed by atoms with van der Waals surface area (Å²) in [6.07, 6.45) is 3.15. The second-order valence-corrected chi connectivity index (χ2v) is 4.04. The summed E-state index contributed by atoms with van der Waals surface area (Å²) in [7, 11) is 0. The molecule has 0 bridgehead atoms. The van der Waals surface area contributed by atoms with E-state index in [0.717, 1.165) is 12.8 Å². The summed E-state index contributed by atoms with van der Waals surface area (Å²) >= 11 is 0. The molecule has 1 N–H and O–H groups in total. The van der Waals surface area contributed by atoms with Gasteiger partial charge in [-0.2, -0.15) is 0 Å². The Labute approximate surface area is 94.7 Å². The summed E-state index contributed by atoms with van der Waals surface area (Å²) in [5.74, 6) is -0.256. The molecule has 6 nitrogen and oxygen atoms in total. The van der Waals surface area contributed by atoms with Gasteiger partial charge in [0, 0.05) is 6.42 Å². The van der Waals surface area contributed by atoms with Crippen LogP contribution in [0.25, 0.3) is 0 Å². The lowest BCUT2D eigenvalue weighted by Gasteiger charge is -2.23. The van der Waals surface area contributed by atoms with E-state index in [1.54, 1.807) is 6.92 Å². The van der Waals surface area contributed by atoms with Crippen LogP contribution in [0.3, 0.4) is 0 Å². The van der Waals surface area contributed by atoms with Crippen molar-refractivity contribution in [3.8, 4) is 0 Å². The first kappa shape index (κ1) is 12.6. The van der Waals surface area contributed by atoms with Crippen LogP contribution >= 0.6 is 0 Å². The maximum absolute atomic E-state index is 11.3. The van der Waals surface area contributed by atoms with E-state index in [2.05, 4.69) is 22.4 Å². The summed E-state index contributed by atoms with van der Waals surface area (Å²) in [5, 5.41) is 20.5. The van der Waals surface area contributed by atoms with Crippen molar-refractivity contribution in [2.45, 2.75) is 52.0 Å². The average molecular weight is 226 g/mol. The molecule has 1 atom stereocenters. The number of aromatic nitrogens is 4. The molecule has 0 fully saturated rings. The summed E-state index contributed by atoms with van der Waals surface area (Å²) in [5.41, 5.74) is -1.05. The van der Waals surface area contributed by atoms with Crippen molar-refractivity contribution >= 4 is 5.97 Å². The Morgan fingerprint density at radius 2 is 2.19 bits per heavy atom. The standard InChI is InChI=1S/C10H18N4O2/c1-4-6-7-8-11-12-13-14(8)10(3,5-2)9(15)16/h4-7H2,1-3H3,(H,15,16). The Bertz CT molecular complexity index is 363. The molecule has 0 radical (unpaired) electrons. The number of carboxylic acids is 1. The van der Waals surface area contributed by atoms with Gasteiger partial charge in [0.2, 0.25) is 0 Å². The highest BCUT2D eigenvalue weighted by Gasteiger charge is 2.36. The van der Waals surface area contributed by atoms with Crippen LogP contribution in [0, 0.1) is 0 Å². The fourth-order valence-corrected chi connectivity index (χ4v) is 1.47. The predicted octanol–water partition coefficient (Wildman–Crippen LogP) is 1.23. The lowest BCUT2D eigenvalue weighted by molar-refractivity contribution is -0.147. The molecule has 0 aliphatic heterocycles. The third-order valence-electron chi connectivity index (χ3n) is 2.90. The Balaban J connectivity index is 3.01. The second-order valence-electron chi connectivity index (χ2n) is 4.04. The first-order valence-electron chi connectivity index (χ1n) is 5.57. The summed E-state index contributed by atoms with van der Waals surface area (Å²) < 4.78 is 1.44. The topological polar surface area (TPSA) is 80.9 Å². The molecule has 0 spiro atoms. The molecule has 1 aromatic heterocycles. The SMILES string of the molecule is CCCCc1nnnn1C(C)(CC)C(=O)O. The highest BCUT2D eigenvalue weighted by atomic mass is 16.4. The number of nitrogens with zero attached hydrogens (tertiary/aromatic N) is 4. The zero-order chi connectivity index (χ0) is 12.2. The smallest absolute Gasteiger partial charge is 0.331 e. The van der Waals surface area contributed by atoms with Gasteiger partial charge in [0.1, 0.15) is 0 Å². The molecule has 0 amide bonds. The van der Waals surface area contributed by atoms with Crippen molar-refractivity contribution in [1.29, 1.82) is 0 Å². The number of hydrogen-bond acceptors (Lipinski definition) is 4. The molecule has 0 saturated heterocycles. The van der Waals surface area contributed by atoms with Crippen molar-refractivity contribution in [1.82, 2.24) is 20.2 Å². The number of carboxylic acid groups (broad SMARTS) is 1. The van der Waals surface area contributed by atoms with Gasteiger partial charge >= 0.3 is 5.97 Å². The molecule has 1 aromatic rings. The normalized spacial score (nSPS) is 14.7. The first-order chi connectivity index (χ1) is 7.56. The molecule has 1 unspecified atom stereocenters. The molecule has 16 heavy (non-hydrogen) atoms. The summed E-state index contributed by atoms with van der Waals surface area (Å²) in [6, 6.07) is 0. The number of aliphatic carboxylic acids is 1. The quantitative estimate of drug-likeness (QED) is 0.788. The number of rotatable bonds is 6. The number of tetrazole rings is 1. The zero-order valence-electron chi connectivity index (χ0n) is 9.97. The first-order valence-corrected chi connectivity index (χ1v) is 5.57. The van der Waals surface area contributed by atoms with Gasteiger partial charge in [0.25, 0.3) is 0 Å². The summed E-state index contributed by atoms with van der Waals surface area (Å²) in [6.45, 7) is 5.53. The van der Waals surface area contributed by atoms with E-state index in [1.807, 2.05) is 6.92 Å². The van der Waals surface area contributed by atoms with Crippen LogP contribution in [0.2, 0.25) is 0 Å². The molecule has 1 rings (SSSR count). The van der Waals surface area contributed by atoms with Crippen LogP contribution in [0.4, 0.5) is 0 Å². The maximum Gasteiger partial charge on any atom is 0.331 e. The van der Waals surface area contributed by atoms with Crippen LogP contribution in [-0.4, -0.2) is 31.3 Å². The van der Waals surface area contributed by atoms with E-state index >= 15 is 0 Å². The predicted molar refractivity (Wildman–Crippen MR) is 58.0 cm³/mol. The zero-order valence-corrected chi connectivity index (χ0v) is 9.97. The van der Waals surface area contributed by atoms with Crippen LogP contribution in [0.1, 0.15) is 45.9 Å². The Morgan fingerprint density at radius 3 is 2.69 bits per heavy atom. The third-order valence-corrected chi connectivity index (χ3v) is 2.90. The van der Waals surface area contributed by atoms with Crippen molar-refractivity contribution in [3.05, 3.63) is 5.82 Å². The number of aryl methyl sites for hydroxylation is 1. The van der Waals surface area contributed by atoms with Crippen LogP contribution in [0.5, 0.6) is 0 Å². The highest BCUT2D eigenvalue weighted by molar-refractivity contribution is 5.76. The molecule has 6 heteroatoms. The minimum Gasteiger partial charge on any atom is -0.479 e. The van der Waals surface area contributed by atoms with Gasteiger partial charge in [-0.1, -0.05) is 20.3 Å². The van der Waals surface area contributed by atoms with E-state index in [-0.39, 0.29) is 0 Å². The van der Waals surface area contributed by atoms with E-state index < -0.39 is 11.5 Å². The third kappa shape index (κ3) is 2.20. The maximum atomic E-state index is 11.3. The molecule has 0 aliphatic rings. The molecule has 0 saturated carbocycles. The van der Waals surface area contributed by atoms with E-state index in [9.17, 15) is 9.90 Å². The largest absolute Gasteiger partial charge is 0.479 e. The Kier molecular flexibility index (Phi) is 3.98. The molecule has 90 valence electrons. The van der Waals surface area contributed by atoms with Crippen molar-refractivity contribution < 1.29 is 9.90 Å². The van der Waals surface area contributed by atoms with Gasteiger partial charge in [-0.3, -0.25) is 0 Å². The minimum atomic E-state index is -1.05. The molecule has 0 aromatic carbocycles. The van der Waals surface area contributed by atoms with Crippen molar-refractivity contribution in [3.63, 3.8) is 0 Å². The Hall–Kier alpha value is -1.46. The van der Waals surface area contributed by atoms with E-state index in [1.165, 1.54) is 4.68 Å². The van der Waals surface area contributed by atoms with Crippen LogP contribution < -0.4 is 0 Å². The van der Waals surface area contributed by atoms with Gasteiger partial charge < -0.3 is 5.11 Å². The van der Waals surface area contributed by atoms with Gasteiger partial charge in [-0.05, 0) is 30.2 Å². The monoisotopic (exact) mass is 226 g/mol. The van der Waals surface area contributed by atoms with Crippen LogP contribution in [0.15, 0.2) is 0 Å². The van der Waals surface area contributed by atoms with Crippen molar-refractivity contribution in [2.75, 3.05) is 0 Å². The lowest BCUT2D eigenvalue weighted by atomic mass is 9.99. The lowest BCUT2D eigenvalue weighted by Crippen LogP contribution is -2.40. The molecular formula is C10H18N4O2. The second kappa shape index (κ2) is 5.05. The van der Waals surface area contributed by atoms with Crippen LogP contribution in [-0.2, 0) is 16.8 Å². The molecule has 0 aliphatic carbocycles. The fourth-order valence-electron chi connectivity index (χ4n) is 1.47.